The van der Waals surface area contributed by atoms with Gasteiger partial charge >= 0.3 is 0 Å². The van der Waals surface area contributed by atoms with Crippen molar-refractivity contribution in [2.24, 2.45) is 0 Å². The minimum absolute atomic E-state index is 0.703. The van der Waals surface area contributed by atoms with Gasteiger partial charge in [0, 0.05) is 17.8 Å². The molecular formula is C23H24N2OS. The van der Waals surface area contributed by atoms with Gasteiger partial charge in [0.1, 0.15) is 11.6 Å². The lowest BCUT2D eigenvalue weighted by molar-refractivity contribution is 0.300. The average molecular weight is 377 g/mol. The molecule has 0 radical (unpaired) electrons. The predicted octanol–water partition coefficient (Wildman–Crippen LogP) is 5.77. The fourth-order valence-corrected chi connectivity index (χ4v) is 4.15. The van der Waals surface area contributed by atoms with Crippen molar-refractivity contribution in [1.82, 2.24) is 9.55 Å². The average Bonchev–Trinajstić information content (AvgIpc) is 3.28. The molecule has 0 aliphatic rings. The standard InChI is InChI=1S/C23H24N2OS/c1-17-10-11-22(18(2)15-17)26-13-6-12-25-21-9-4-3-8-20(21)24-23(25)16-19-7-5-14-27-19/h3-5,7-11,14-15H,6,12-13,16H2,1-2H3. The lowest BCUT2D eigenvalue weighted by atomic mass is 10.1. The highest BCUT2D eigenvalue weighted by atomic mass is 32.1. The van der Waals surface area contributed by atoms with E-state index in [9.17, 15) is 0 Å². The van der Waals surface area contributed by atoms with Crippen LogP contribution in [-0.2, 0) is 13.0 Å². The zero-order valence-corrected chi connectivity index (χ0v) is 16.6. The van der Waals surface area contributed by atoms with Crippen molar-refractivity contribution < 1.29 is 4.74 Å². The molecule has 0 fully saturated rings. The number of rotatable bonds is 7. The summed E-state index contributed by atoms with van der Waals surface area (Å²) in [6.45, 7) is 5.82. The lowest BCUT2D eigenvalue weighted by Gasteiger charge is -2.12. The third-order valence-electron chi connectivity index (χ3n) is 4.76. The van der Waals surface area contributed by atoms with Crippen LogP contribution < -0.4 is 4.74 Å². The molecule has 4 rings (SSSR count). The van der Waals surface area contributed by atoms with Crippen LogP contribution in [-0.4, -0.2) is 16.2 Å². The van der Waals surface area contributed by atoms with Crippen molar-refractivity contribution in [2.75, 3.05) is 6.61 Å². The van der Waals surface area contributed by atoms with Crippen LogP contribution in [0.1, 0.15) is 28.2 Å². The smallest absolute Gasteiger partial charge is 0.122 e. The number of imidazole rings is 1. The zero-order chi connectivity index (χ0) is 18.6. The van der Waals surface area contributed by atoms with Crippen LogP contribution in [0.5, 0.6) is 5.75 Å². The molecule has 0 unspecified atom stereocenters. The molecule has 0 amide bonds. The Morgan fingerprint density at radius 1 is 1.04 bits per heavy atom. The summed E-state index contributed by atoms with van der Waals surface area (Å²) in [6.07, 6.45) is 1.83. The first kappa shape index (κ1) is 17.8. The van der Waals surface area contributed by atoms with Gasteiger partial charge in [0.25, 0.3) is 0 Å². The van der Waals surface area contributed by atoms with Crippen molar-refractivity contribution in [3.8, 4) is 5.75 Å². The Labute approximate surface area is 164 Å². The summed E-state index contributed by atoms with van der Waals surface area (Å²) in [5, 5.41) is 2.13. The zero-order valence-electron chi connectivity index (χ0n) is 15.8. The molecule has 27 heavy (non-hydrogen) atoms. The molecule has 0 aliphatic carbocycles. The van der Waals surface area contributed by atoms with Gasteiger partial charge in [0.15, 0.2) is 0 Å². The van der Waals surface area contributed by atoms with Crippen molar-refractivity contribution in [2.45, 2.75) is 33.2 Å². The topological polar surface area (TPSA) is 27.1 Å². The molecule has 0 bridgehead atoms. The van der Waals surface area contributed by atoms with Gasteiger partial charge in [-0.1, -0.05) is 35.9 Å². The van der Waals surface area contributed by atoms with Crippen LogP contribution in [0.25, 0.3) is 11.0 Å². The first-order valence-corrected chi connectivity index (χ1v) is 10.3. The Morgan fingerprint density at radius 2 is 1.93 bits per heavy atom. The van der Waals surface area contributed by atoms with Crippen molar-refractivity contribution in [3.63, 3.8) is 0 Å². The molecule has 0 spiro atoms. The summed E-state index contributed by atoms with van der Waals surface area (Å²) in [7, 11) is 0. The van der Waals surface area contributed by atoms with E-state index in [1.165, 1.54) is 21.5 Å². The van der Waals surface area contributed by atoms with Gasteiger partial charge in [-0.3, -0.25) is 0 Å². The normalized spacial score (nSPS) is 11.2. The quantitative estimate of drug-likeness (QED) is 0.383. The maximum atomic E-state index is 6.02. The summed E-state index contributed by atoms with van der Waals surface area (Å²) in [4.78, 5) is 6.22. The van der Waals surface area contributed by atoms with Crippen LogP contribution in [0.2, 0.25) is 0 Å². The summed E-state index contributed by atoms with van der Waals surface area (Å²) in [5.74, 6) is 2.11. The molecule has 3 nitrogen and oxygen atoms in total. The van der Waals surface area contributed by atoms with E-state index in [-0.39, 0.29) is 0 Å². The highest BCUT2D eigenvalue weighted by Gasteiger charge is 2.11. The van der Waals surface area contributed by atoms with Gasteiger partial charge in [-0.2, -0.15) is 0 Å². The third kappa shape index (κ3) is 4.06. The minimum Gasteiger partial charge on any atom is -0.493 e. The van der Waals surface area contributed by atoms with E-state index in [0.29, 0.717) is 6.61 Å². The van der Waals surface area contributed by atoms with Gasteiger partial charge in [0.05, 0.1) is 17.6 Å². The van der Waals surface area contributed by atoms with Gasteiger partial charge in [-0.25, -0.2) is 4.98 Å². The number of para-hydroxylation sites is 2. The van der Waals surface area contributed by atoms with Crippen LogP contribution in [0, 0.1) is 13.8 Å². The van der Waals surface area contributed by atoms with Crippen molar-refractivity contribution in [1.29, 1.82) is 0 Å². The highest BCUT2D eigenvalue weighted by Crippen LogP contribution is 2.22. The third-order valence-corrected chi connectivity index (χ3v) is 5.64. The highest BCUT2D eigenvalue weighted by molar-refractivity contribution is 7.09. The predicted molar refractivity (Wildman–Crippen MR) is 113 cm³/mol. The van der Waals surface area contributed by atoms with E-state index in [0.717, 1.165) is 36.5 Å². The number of thiophene rings is 1. The molecule has 2 aromatic carbocycles. The molecule has 4 heteroatoms. The van der Waals surface area contributed by atoms with Crippen molar-refractivity contribution in [3.05, 3.63) is 81.8 Å². The number of ether oxygens (including phenoxy) is 1. The molecule has 0 N–H and O–H groups in total. The van der Waals surface area contributed by atoms with Gasteiger partial charge in [0.2, 0.25) is 0 Å². The SMILES string of the molecule is Cc1ccc(OCCCn2c(Cc3cccs3)nc3ccccc32)c(C)c1. The number of fused-ring (bicyclic) bond motifs is 1. The number of aryl methyl sites for hydroxylation is 3. The maximum absolute atomic E-state index is 6.02. The van der Waals surface area contributed by atoms with Gasteiger partial charge in [-0.15, -0.1) is 11.3 Å². The van der Waals surface area contributed by atoms with E-state index in [1.807, 2.05) is 0 Å². The molecule has 138 valence electrons. The van der Waals surface area contributed by atoms with Crippen LogP contribution in [0.4, 0.5) is 0 Å². The van der Waals surface area contributed by atoms with Gasteiger partial charge in [-0.05, 0) is 55.5 Å². The second-order valence-corrected chi connectivity index (χ2v) is 7.93. The molecule has 2 aromatic heterocycles. The minimum atomic E-state index is 0.703. The van der Waals surface area contributed by atoms with E-state index in [4.69, 9.17) is 9.72 Å². The Bertz CT molecular complexity index is 1030. The monoisotopic (exact) mass is 376 g/mol. The summed E-state index contributed by atoms with van der Waals surface area (Å²) in [6, 6.07) is 19.0. The lowest BCUT2D eigenvalue weighted by Crippen LogP contribution is -2.08. The number of hydrogen-bond donors (Lipinski definition) is 0. The molecule has 2 heterocycles. The molecule has 0 aliphatic heterocycles. The Balaban J connectivity index is 1.47. The second kappa shape index (κ2) is 7.97. The Hall–Kier alpha value is -2.59. The summed E-state index contributed by atoms with van der Waals surface area (Å²) < 4.78 is 8.36. The number of benzene rings is 2. The van der Waals surface area contributed by atoms with Gasteiger partial charge < -0.3 is 9.30 Å². The Morgan fingerprint density at radius 3 is 2.74 bits per heavy atom. The summed E-state index contributed by atoms with van der Waals surface area (Å²) >= 11 is 1.79. The van der Waals surface area contributed by atoms with E-state index in [2.05, 4.69) is 78.4 Å². The summed E-state index contributed by atoms with van der Waals surface area (Å²) in [5.41, 5.74) is 4.74. The first-order valence-electron chi connectivity index (χ1n) is 9.37. The fraction of sp³-hybridized carbons (Fsp3) is 0.261. The number of hydrogen-bond acceptors (Lipinski definition) is 3. The van der Waals surface area contributed by atoms with E-state index in [1.54, 1.807) is 11.3 Å². The van der Waals surface area contributed by atoms with Crippen LogP contribution in [0.3, 0.4) is 0 Å². The van der Waals surface area contributed by atoms with E-state index < -0.39 is 0 Å². The first-order chi connectivity index (χ1) is 13.2. The molecule has 0 saturated heterocycles. The Kier molecular flexibility index (Phi) is 5.26. The van der Waals surface area contributed by atoms with Crippen LogP contribution >= 0.6 is 11.3 Å². The maximum Gasteiger partial charge on any atom is 0.122 e. The number of nitrogens with zero attached hydrogens (tertiary/aromatic N) is 2. The van der Waals surface area contributed by atoms with Crippen LogP contribution in [0.15, 0.2) is 60.0 Å². The molecule has 0 atom stereocenters. The largest absolute Gasteiger partial charge is 0.493 e. The molecule has 0 saturated carbocycles. The molecular weight excluding hydrogens is 352 g/mol. The fourth-order valence-electron chi connectivity index (χ4n) is 3.44. The van der Waals surface area contributed by atoms with E-state index >= 15 is 0 Å². The second-order valence-electron chi connectivity index (χ2n) is 6.90. The number of aromatic nitrogens is 2. The van der Waals surface area contributed by atoms with Crippen molar-refractivity contribution >= 4 is 22.4 Å². The molecule has 4 aromatic rings.